The molecule has 1 spiro atoms. The molecule has 0 heterocycles. The zero-order valence-corrected chi connectivity index (χ0v) is 12.8. The van der Waals surface area contributed by atoms with Crippen LogP contribution in [0.25, 0.3) is 0 Å². The lowest BCUT2D eigenvalue weighted by Crippen LogP contribution is -2.37. The minimum Gasteiger partial charge on any atom is -0.444 e. The van der Waals surface area contributed by atoms with Gasteiger partial charge >= 0.3 is 6.09 Å². The quantitative estimate of drug-likeness (QED) is 0.857. The molecule has 21 heavy (non-hydrogen) atoms. The van der Waals surface area contributed by atoms with Gasteiger partial charge in [-0.2, -0.15) is 0 Å². The zero-order valence-electron chi connectivity index (χ0n) is 12.8. The van der Waals surface area contributed by atoms with E-state index in [2.05, 4.69) is 5.32 Å². The minimum absolute atomic E-state index is 0.0631. The highest BCUT2D eigenvalue weighted by atomic mass is 19.1. The van der Waals surface area contributed by atoms with Crippen LogP contribution in [0.2, 0.25) is 0 Å². The topological polar surface area (TPSA) is 38.3 Å². The average molecular weight is 291 g/mol. The van der Waals surface area contributed by atoms with Gasteiger partial charge in [-0.1, -0.05) is 6.07 Å². The normalized spacial score (nSPS) is 27.1. The number of nitrogens with one attached hydrogen (secondary N) is 1. The maximum atomic E-state index is 13.6. The SMILES string of the molecule is CC(C)(C)OC(=O)NC1CC12CCCc1ccc(F)cc12. The molecule has 0 radical (unpaired) electrons. The Morgan fingerprint density at radius 3 is 2.90 bits per heavy atom. The van der Waals surface area contributed by atoms with Gasteiger partial charge in [0, 0.05) is 11.5 Å². The smallest absolute Gasteiger partial charge is 0.407 e. The molecule has 3 rings (SSSR count). The van der Waals surface area contributed by atoms with Crippen molar-refractivity contribution in [1.82, 2.24) is 5.32 Å². The Morgan fingerprint density at radius 1 is 1.43 bits per heavy atom. The van der Waals surface area contributed by atoms with Gasteiger partial charge in [0.1, 0.15) is 11.4 Å². The molecule has 1 aromatic carbocycles. The molecule has 2 atom stereocenters. The lowest BCUT2D eigenvalue weighted by atomic mass is 9.79. The predicted molar refractivity (Wildman–Crippen MR) is 78.8 cm³/mol. The van der Waals surface area contributed by atoms with Crippen LogP contribution >= 0.6 is 0 Å². The fourth-order valence-electron chi connectivity index (χ4n) is 3.48. The first-order valence-electron chi connectivity index (χ1n) is 7.59. The average Bonchev–Trinajstić information content (AvgIpc) is 3.01. The monoisotopic (exact) mass is 291 g/mol. The number of hydrogen-bond acceptors (Lipinski definition) is 2. The predicted octanol–water partition coefficient (Wildman–Crippen LogP) is 3.70. The molecule has 4 heteroatoms. The van der Waals surface area contributed by atoms with Gasteiger partial charge in [0.2, 0.25) is 0 Å². The third-order valence-electron chi connectivity index (χ3n) is 4.44. The van der Waals surface area contributed by atoms with Crippen LogP contribution in [0.3, 0.4) is 0 Å². The maximum Gasteiger partial charge on any atom is 0.407 e. The molecular formula is C17H22FNO2. The van der Waals surface area contributed by atoms with E-state index >= 15 is 0 Å². The van der Waals surface area contributed by atoms with Gasteiger partial charge in [-0.05, 0) is 69.7 Å². The molecule has 1 aromatic rings. The number of fused-ring (bicyclic) bond motifs is 2. The van der Waals surface area contributed by atoms with Gasteiger partial charge in [0.05, 0.1) is 0 Å². The Hall–Kier alpha value is -1.58. The van der Waals surface area contributed by atoms with Crippen molar-refractivity contribution in [3.05, 3.63) is 35.1 Å². The number of rotatable bonds is 1. The molecule has 1 amide bonds. The van der Waals surface area contributed by atoms with Crippen molar-refractivity contribution in [3.8, 4) is 0 Å². The first-order valence-corrected chi connectivity index (χ1v) is 7.59. The van der Waals surface area contributed by atoms with Gasteiger partial charge in [-0.15, -0.1) is 0 Å². The van der Waals surface area contributed by atoms with E-state index in [1.165, 1.54) is 11.6 Å². The molecule has 2 aliphatic carbocycles. The Bertz CT molecular complexity index is 579. The molecule has 1 saturated carbocycles. The van der Waals surface area contributed by atoms with E-state index in [4.69, 9.17) is 4.74 Å². The van der Waals surface area contributed by atoms with E-state index in [1.807, 2.05) is 26.8 Å². The van der Waals surface area contributed by atoms with Gasteiger partial charge in [0.15, 0.2) is 0 Å². The summed E-state index contributed by atoms with van der Waals surface area (Å²) in [6, 6.07) is 5.11. The summed E-state index contributed by atoms with van der Waals surface area (Å²) in [5, 5.41) is 2.95. The van der Waals surface area contributed by atoms with Crippen LogP contribution in [0.1, 0.15) is 51.2 Å². The number of alkyl carbamates (subject to hydrolysis) is 1. The summed E-state index contributed by atoms with van der Waals surface area (Å²) < 4.78 is 18.9. The van der Waals surface area contributed by atoms with Crippen molar-refractivity contribution < 1.29 is 13.9 Å². The molecule has 1 fully saturated rings. The first kappa shape index (κ1) is 14.4. The summed E-state index contributed by atoms with van der Waals surface area (Å²) in [5.74, 6) is -0.196. The highest BCUT2D eigenvalue weighted by molar-refractivity contribution is 5.69. The second-order valence-electron chi connectivity index (χ2n) is 7.21. The zero-order chi connectivity index (χ0) is 15.3. The Kier molecular flexibility index (Phi) is 3.23. The Balaban J connectivity index is 1.75. The van der Waals surface area contributed by atoms with Gasteiger partial charge in [-0.3, -0.25) is 0 Å². The number of benzene rings is 1. The van der Waals surface area contributed by atoms with Crippen LogP contribution in [-0.4, -0.2) is 17.7 Å². The number of ether oxygens (including phenoxy) is 1. The van der Waals surface area contributed by atoms with E-state index in [9.17, 15) is 9.18 Å². The van der Waals surface area contributed by atoms with E-state index in [0.29, 0.717) is 0 Å². The molecule has 1 N–H and O–H groups in total. The van der Waals surface area contributed by atoms with E-state index in [-0.39, 0.29) is 23.4 Å². The molecule has 0 bridgehead atoms. The highest BCUT2D eigenvalue weighted by Gasteiger charge is 2.57. The molecule has 3 nitrogen and oxygen atoms in total. The molecular weight excluding hydrogens is 269 g/mol. The summed E-state index contributed by atoms with van der Waals surface area (Å²) >= 11 is 0. The molecule has 2 aliphatic rings. The first-order chi connectivity index (χ1) is 9.80. The van der Waals surface area contributed by atoms with Crippen molar-refractivity contribution in [3.63, 3.8) is 0 Å². The fourth-order valence-corrected chi connectivity index (χ4v) is 3.48. The number of carbonyl (C=O) groups is 1. The van der Waals surface area contributed by atoms with Crippen molar-refractivity contribution in [2.24, 2.45) is 0 Å². The molecule has 0 saturated heterocycles. The van der Waals surface area contributed by atoms with E-state index in [1.54, 1.807) is 6.07 Å². The van der Waals surface area contributed by atoms with Crippen LogP contribution < -0.4 is 5.32 Å². The van der Waals surface area contributed by atoms with Crippen molar-refractivity contribution in [2.45, 2.75) is 63.5 Å². The number of aryl methyl sites for hydroxylation is 1. The van der Waals surface area contributed by atoms with Crippen molar-refractivity contribution >= 4 is 6.09 Å². The van der Waals surface area contributed by atoms with Gasteiger partial charge < -0.3 is 10.1 Å². The summed E-state index contributed by atoms with van der Waals surface area (Å²) in [5.41, 5.74) is 1.72. The number of halogens is 1. The third-order valence-corrected chi connectivity index (χ3v) is 4.44. The second-order valence-corrected chi connectivity index (χ2v) is 7.21. The summed E-state index contributed by atoms with van der Waals surface area (Å²) in [6.45, 7) is 5.54. The van der Waals surface area contributed by atoms with Crippen LogP contribution in [0, 0.1) is 5.82 Å². The van der Waals surface area contributed by atoms with Crippen LogP contribution in [0.15, 0.2) is 18.2 Å². The lowest BCUT2D eigenvalue weighted by Gasteiger charge is -2.27. The minimum atomic E-state index is -0.497. The summed E-state index contributed by atoms with van der Waals surface area (Å²) in [6.07, 6.45) is 3.58. The highest BCUT2D eigenvalue weighted by Crippen LogP contribution is 2.55. The lowest BCUT2D eigenvalue weighted by molar-refractivity contribution is 0.0518. The number of amides is 1. The van der Waals surface area contributed by atoms with Crippen molar-refractivity contribution in [2.75, 3.05) is 0 Å². The Labute approximate surface area is 124 Å². The standard InChI is InChI=1S/C17H22FNO2/c1-16(2,3)21-15(20)19-14-10-17(14)8-4-5-11-6-7-12(18)9-13(11)17/h6-7,9,14H,4-5,8,10H2,1-3H3,(H,19,20). The molecule has 114 valence electrons. The largest absolute Gasteiger partial charge is 0.444 e. The number of carbonyl (C=O) groups excluding carboxylic acids is 1. The van der Waals surface area contributed by atoms with Crippen LogP contribution in [-0.2, 0) is 16.6 Å². The van der Waals surface area contributed by atoms with E-state index < -0.39 is 5.60 Å². The maximum absolute atomic E-state index is 13.6. The van der Waals surface area contributed by atoms with Gasteiger partial charge in [-0.25, -0.2) is 9.18 Å². The Morgan fingerprint density at radius 2 is 2.19 bits per heavy atom. The summed E-state index contributed by atoms with van der Waals surface area (Å²) in [4.78, 5) is 11.9. The molecule has 2 unspecified atom stereocenters. The van der Waals surface area contributed by atoms with Gasteiger partial charge in [0.25, 0.3) is 0 Å². The second kappa shape index (κ2) is 4.72. The molecule has 0 aliphatic heterocycles. The number of hydrogen-bond donors (Lipinski definition) is 1. The fraction of sp³-hybridized carbons (Fsp3) is 0.588. The van der Waals surface area contributed by atoms with Crippen LogP contribution in [0.5, 0.6) is 0 Å². The van der Waals surface area contributed by atoms with Crippen LogP contribution in [0.4, 0.5) is 9.18 Å². The van der Waals surface area contributed by atoms with E-state index in [0.717, 1.165) is 31.2 Å². The third kappa shape index (κ3) is 2.76. The molecule has 0 aromatic heterocycles. The van der Waals surface area contributed by atoms with Crippen molar-refractivity contribution in [1.29, 1.82) is 0 Å². The summed E-state index contributed by atoms with van der Waals surface area (Å²) in [7, 11) is 0.